The van der Waals surface area contributed by atoms with Crippen molar-refractivity contribution in [3.05, 3.63) is 48.7 Å². The van der Waals surface area contributed by atoms with Crippen molar-refractivity contribution in [1.82, 2.24) is 14.6 Å². The molecule has 2 aliphatic carbocycles. The van der Waals surface area contributed by atoms with Gasteiger partial charge in [-0.05, 0) is 76.0 Å². The minimum atomic E-state index is -3.78. The molecule has 2 heterocycles. The average molecular weight is 584 g/mol. The summed E-state index contributed by atoms with van der Waals surface area (Å²) in [7, 11) is -3.78. The summed E-state index contributed by atoms with van der Waals surface area (Å²) in [6.07, 6.45) is 3.33. The lowest BCUT2D eigenvalue weighted by atomic mass is 9.91. The molecule has 0 spiro atoms. The summed E-state index contributed by atoms with van der Waals surface area (Å²) >= 11 is 0. The minimum absolute atomic E-state index is 0.0926. The number of ether oxygens (including phenoxy) is 2. The van der Waals surface area contributed by atoms with Crippen molar-refractivity contribution in [2.75, 3.05) is 6.54 Å². The second-order valence-electron chi connectivity index (χ2n) is 12.4. The van der Waals surface area contributed by atoms with Crippen LogP contribution >= 0.6 is 0 Å². The second-order valence-corrected chi connectivity index (χ2v) is 14.4. The average Bonchev–Trinajstić information content (AvgIpc) is 3.80. The number of Topliss-reactive ketones (excluding diaryl/α,β-unsaturated/α-hetero) is 1. The monoisotopic (exact) mass is 583 g/mol. The normalized spacial score (nSPS) is 26.0. The molecule has 3 aliphatic rings. The molecule has 2 saturated carbocycles. The molecule has 4 atom stereocenters. The molecule has 2 aromatic rings. The number of rotatable bonds is 9. The van der Waals surface area contributed by atoms with E-state index in [9.17, 15) is 22.8 Å². The van der Waals surface area contributed by atoms with Crippen LogP contribution < -0.4 is 9.46 Å². The summed E-state index contributed by atoms with van der Waals surface area (Å²) in [6, 6.07) is 6.82. The molecule has 2 amide bonds. The van der Waals surface area contributed by atoms with Gasteiger partial charge < -0.3 is 9.47 Å². The van der Waals surface area contributed by atoms with Gasteiger partial charge in [-0.25, -0.2) is 18.2 Å². The van der Waals surface area contributed by atoms with Gasteiger partial charge in [-0.3, -0.25) is 19.2 Å². The third-order valence-corrected chi connectivity index (χ3v) is 9.91. The molecular weight excluding hydrogens is 546 g/mol. The summed E-state index contributed by atoms with van der Waals surface area (Å²) < 4.78 is 39.1. The number of likely N-dealkylation sites (tertiary alicyclic amines) is 1. The summed E-state index contributed by atoms with van der Waals surface area (Å²) in [4.78, 5) is 46.1. The molecule has 2 unspecified atom stereocenters. The number of nitrogens with one attached hydrogen (secondary N) is 1. The minimum Gasteiger partial charge on any atom is -0.472 e. The van der Waals surface area contributed by atoms with E-state index in [2.05, 4.69) is 16.3 Å². The number of carbonyl (C=O) groups is 3. The first-order chi connectivity index (χ1) is 19.2. The van der Waals surface area contributed by atoms with Gasteiger partial charge in [0, 0.05) is 24.4 Å². The highest BCUT2D eigenvalue weighted by molar-refractivity contribution is 7.90. The highest BCUT2D eigenvalue weighted by atomic mass is 32.2. The van der Waals surface area contributed by atoms with Crippen LogP contribution in [0, 0.1) is 18.3 Å². The Kier molecular flexibility index (Phi) is 7.38. The number of benzene rings is 1. The van der Waals surface area contributed by atoms with Crippen LogP contribution in [0.25, 0.3) is 10.8 Å². The fourth-order valence-electron chi connectivity index (χ4n) is 5.61. The molecule has 1 saturated heterocycles. The first-order valence-electron chi connectivity index (χ1n) is 14.0. The number of pyridine rings is 1. The van der Waals surface area contributed by atoms with Crippen LogP contribution in [0.3, 0.4) is 0 Å². The molecule has 1 N–H and O–H groups in total. The van der Waals surface area contributed by atoms with Gasteiger partial charge in [0.05, 0.1) is 23.3 Å². The number of nitrogens with zero attached hydrogens (tertiary/aromatic N) is 2. The largest absolute Gasteiger partial charge is 0.472 e. The molecule has 0 bridgehead atoms. The molecular formula is C30H37N3O7S. The number of fused-ring (bicyclic) bond motifs is 1. The van der Waals surface area contributed by atoms with E-state index in [0.717, 1.165) is 16.3 Å². The van der Waals surface area contributed by atoms with Crippen molar-refractivity contribution in [3.8, 4) is 5.88 Å². The van der Waals surface area contributed by atoms with Crippen molar-refractivity contribution in [2.45, 2.75) is 82.8 Å². The third kappa shape index (κ3) is 5.95. The van der Waals surface area contributed by atoms with E-state index in [0.29, 0.717) is 25.1 Å². The Hall–Kier alpha value is -3.47. The first-order valence-corrected chi connectivity index (χ1v) is 15.5. The predicted octanol–water partition coefficient (Wildman–Crippen LogP) is 4.06. The topological polar surface area (TPSA) is 132 Å². The van der Waals surface area contributed by atoms with E-state index in [-0.39, 0.29) is 31.1 Å². The van der Waals surface area contributed by atoms with Gasteiger partial charge in [-0.2, -0.15) is 0 Å². The Balaban J connectivity index is 1.38. The SMILES string of the molecule is C=C[C@@H]1C[C@]1(CC(=O)C1CC(Oc2nccc3c(C)cccc23)CN1C(=O)OC(C)(C)C)C(=O)NS(=O)(=O)C1CC1. The molecule has 41 heavy (non-hydrogen) atoms. The number of allylic oxidation sites excluding steroid dienone is 1. The first kappa shape index (κ1) is 29.0. The number of carbonyl (C=O) groups excluding carboxylic acids is 3. The fourth-order valence-corrected chi connectivity index (χ4v) is 6.99. The maximum Gasteiger partial charge on any atom is 0.411 e. The van der Waals surface area contributed by atoms with Gasteiger partial charge in [0.1, 0.15) is 11.7 Å². The van der Waals surface area contributed by atoms with Crippen LogP contribution in [0.2, 0.25) is 0 Å². The van der Waals surface area contributed by atoms with E-state index in [4.69, 9.17) is 9.47 Å². The number of amides is 2. The molecule has 220 valence electrons. The Bertz CT molecular complexity index is 1510. The molecule has 1 aromatic carbocycles. The standard InChI is InChI=1S/C30H37N3O7S/c1-6-19-15-30(19,27(35)32-41(37,38)21-10-11-21)16-25(34)24-14-20(17-33(24)28(36)40-29(3,4)5)39-26-23-9-7-8-18(2)22(23)12-13-31-26/h6-9,12-13,19-21,24H,1,10-11,14-17H2,2-5H3,(H,32,35)/t19-,20?,24?,30-/m1/s1. The lowest BCUT2D eigenvalue weighted by molar-refractivity contribution is -0.131. The van der Waals surface area contributed by atoms with Crippen LogP contribution in [0.15, 0.2) is 43.1 Å². The van der Waals surface area contributed by atoms with Crippen LogP contribution in [0.5, 0.6) is 5.88 Å². The molecule has 1 aliphatic heterocycles. The zero-order valence-corrected chi connectivity index (χ0v) is 24.7. The van der Waals surface area contributed by atoms with Gasteiger partial charge in [0.2, 0.25) is 21.8 Å². The number of aromatic nitrogens is 1. The lowest BCUT2D eigenvalue weighted by Gasteiger charge is -2.28. The maximum absolute atomic E-state index is 13.8. The van der Waals surface area contributed by atoms with Gasteiger partial charge in [0.25, 0.3) is 0 Å². The van der Waals surface area contributed by atoms with E-state index in [1.54, 1.807) is 33.0 Å². The molecule has 1 aromatic heterocycles. The Labute approximate surface area is 240 Å². The van der Waals surface area contributed by atoms with Gasteiger partial charge >= 0.3 is 6.09 Å². The maximum atomic E-state index is 13.8. The van der Waals surface area contributed by atoms with Crippen molar-refractivity contribution in [3.63, 3.8) is 0 Å². The number of sulfonamides is 1. The van der Waals surface area contributed by atoms with Gasteiger partial charge in [0.15, 0.2) is 5.78 Å². The van der Waals surface area contributed by atoms with Crippen LogP contribution in [-0.2, 0) is 24.3 Å². The van der Waals surface area contributed by atoms with E-state index >= 15 is 0 Å². The quantitative estimate of drug-likeness (QED) is 0.437. The van der Waals surface area contributed by atoms with Crippen molar-refractivity contribution in [1.29, 1.82) is 0 Å². The molecule has 11 heteroatoms. The summed E-state index contributed by atoms with van der Waals surface area (Å²) in [5.41, 5.74) is -0.937. The Morgan fingerprint density at radius 3 is 2.56 bits per heavy atom. The summed E-state index contributed by atoms with van der Waals surface area (Å²) in [5, 5.41) is 1.25. The number of hydrogen-bond donors (Lipinski definition) is 1. The van der Waals surface area contributed by atoms with Gasteiger partial charge in [-0.15, -0.1) is 6.58 Å². The Morgan fingerprint density at radius 2 is 1.93 bits per heavy atom. The van der Waals surface area contributed by atoms with E-state index < -0.39 is 50.4 Å². The van der Waals surface area contributed by atoms with Crippen molar-refractivity contribution < 1.29 is 32.3 Å². The summed E-state index contributed by atoms with van der Waals surface area (Å²) in [6.45, 7) is 11.1. The van der Waals surface area contributed by atoms with E-state index in [1.165, 1.54) is 4.90 Å². The van der Waals surface area contributed by atoms with E-state index in [1.807, 2.05) is 31.2 Å². The smallest absolute Gasteiger partial charge is 0.411 e. The van der Waals surface area contributed by atoms with Crippen LogP contribution in [0.1, 0.15) is 58.4 Å². The summed E-state index contributed by atoms with van der Waals surface area (Å²) in [5.74, 6) is -0.976. The highest BCUT2D eigenvalue weighted by Crippen LogP contribution is 2.57. The molecule has 10 nitrogen and oxygen atoms in total. The molecule has 0 radical (unpaired) electrons. The predicted molar refractivity (Wildman–Crippen MR) is 153 cm³/mol. The number of ketones is 1. The Morgan fingerprint density at radius 1 is 1.20 bits per heavy atom. The van der Waals surface area contributed by atoms with Crippen molar-refractivity contribution in [2.24, 2.45) is 11.3 Å². The van der Waals surface area contributed by atoms with Crippen LogP contribution in [-0.4, -0.2) is 65.6 Å². The highest BCUT2D eigenvalue weighted by Gasteiger charge is 2.61. The lowest BCUT2D eigenvalue weighted by Crippen LogP contribution is -2.46. The number of aryl methyl sites for hydroxylation is 1. The molecule has 5 rings (SSSR count). The second kappa shape index (κ2) is 10.4. The third-order valence-electron chi connectivity index (χ3n) is 8.09. The number of hydrogen-bond acceptors (Lipinski definition) is 8. The zero-order chi connectivity index (χ0) is 29.7. The zero-order valence-electron chi connectivity index (χ0n) is 23.9. The fraction of sp³-hybridized carbons (Fsp3) is 0.533. The van der Waals surface area contributed by atoms with Crippen molar-refractivity contribution >= 4 is 38.6 Å². The van der Waals surface area contributed by atoms with Gasteiger partial charge in [-0.1, -0.05) is 18.2 Å². The molecule has 3 fully saturated rings. The van der Waals surface area contributed by atoms with Crippen LogP contribution in [0.4, 0.5) is 4.79 Å².